The third-order valence-corrected chi connectivity index (χ3v) is 5.37. The fourth-order valence-electron chi connectivity index (χ4n) is 3.22. The van der Waals surface area contributed by atoms with E-state index in [2.05, 4.69) is 20.9 Å². The van der Waals surface area contributed by atoms with Gasteiger partial charge in [0.2, 0.25) is 0 Å². The van der Waals surface area contributed by atoms with E-state index >= 15 is 0 Å². The molecule has 0 radical (unpaired) electrons. The van der Waals surface area contributed by atoms with Gasteiger partial charge < -0.3 is 15.1 Å². The van der Waals surface area contributed by atoms with Crippen LogP contribution in [-0.4, -0.2) is 22.5 Å². The van der Waals surface area contributed by atoms with Crippen molar-refractivity contribution >= 4 is 44.3 Å². The van der Waals surface area contributed by atoms with Crippen molar-refractivity contribution in [3.8, 4) is 0 Å². The van der Waals surface area contributed by atoms with Gasteiger partial charge in [-0.3, -0.25) is 19.1 Å². The van der Waals surface area contributed by atoms with Crippen LogP contribution < -0.4 is 21.9 Å². The molecule has 0 spiro atoms. The maximum Gasteiger partial charge on any atom is 0.330 e. The van der Waals surface area contributed by atoms with Gasteiger partial charge in [-0.15, -0.1) is 0 Å². The zero-order valence-electron chi connectivity index (χ0n) is 15.9. The number of nitrogens with two attached hydrogens (primary N) is 1. The van der Waals surface area contributed by atoms with Gasteiger partial charge in [0, 0.05) is 12.4 Å². The van der Waals surface area contributed by atoms with Crippen LogP contribution in [-0.2, 0) is 6.54 Å². The Balaban J connectivity index is 1.76. The Morgan fingerprint density at radius 3 is 2.60 bits per heavy atom. The van der Waals surface area contributed by atoms with Gasteiger partial charge in [0.15, 0.2) is 11.4 Å². The molecular weight excluding hydrogens is 452 g/mol. The highest BCUT2D eigenvalue weighted by Crippen LogP contribution is 2.28. The second-order valence-corrected chi connectivity index (χ2v) is 7.55. The van der Waals surface area contributed by atoms with Crippen LogP contribution in [0.15, 0.2) is 73.1 Å². The van der Waals surface area contributed by atoms with Crippen molar-refractivity contribution in [2.75, 3.05) is 17.7 Å². The van der Waals surface area contributed by atoms with E-state index in [4.69, 9.17) is 10.2 Å². The molecule has 1 amide bonds. The van der Waals surface area contributed by atoms with E-state index in [1.54, 1.807) is 12.1 Å². The Hall–Kier alpha value is -3.59. The van der Waals surface area contributed by atoms with E-state index in [9.17, 15) is 14.4 Å². The first kappa shape index (κ1) is 19.7. The van der Waals surface area contributed by atoms with Gasteiger partial charge in [-0.1, -0.05) is 42.5 Å². The summed E-state index contributed by atoms with van der Waals surface area (Å²) >= 11 is 3.38. The molecule has 0 aliphatic carbocycles. The number of anilines is 2. The number of para-hydroxylation sites is 1. The van der Waals surface area contributed by atoms with Crippen molar-refractivity contribution in [3.63, 3.8) is 0 Å². The Labute approximate surface area is 178 Å². The molecule has 0 saturated carbocycles. The third kappa shape index (κ3) is 3.43. The zero-order valence-corrected chi connectivity index (χ0v) is 17.5. The van der Waals surface area contributed by atoms with Crippen LogP contribution in [0.25, 0.3) is 11.0 Å². The quantitative estimate of drug-likeness (QED) is 0.477. The molecule has 0 atom stereocenters. The number of hydrogen-bond donors (Lipinski definition) is 2. The Morgan fingerprint density at radius 1 is 1.17 bits per heavy atom. The highest BCUT2D eigenvalue weighted by Gasteiger charge is 2.25. The minimum absolute atomic E-state index is 0.0407. The summed E-state index contributed by atoms with van der Waals surface area (Å²) in [5.74, 6) is -0.639. The molecule has 2 aromatic carbocycles. The first-order chi connectivity index (χ1) is 14.4. The summed E-state index contributed by atoms with van der Waals surface area (Å²) in [5, 5.41) is 0.733. The van der Waals surface area contributed by atoms with Gasteiger partial charge in [-0.25, -0.2) is 4.79 Å². The number of fused-ring (bicyclic) bond motifs is 1. The van der Waals surface area contributed by atoms with Crippen LogP contribution in [0.1, 0.15) is 16.1 Å². The van der Waals surface area contributed by atoms with Gasteiger partial charge >= 0.3 is 5.69 Å². The van der Waals surface area contributed by atoms with Gasteiger partial charge in [-0.2, -0.15) is 0 Å². The van der Waals surface area contributed by atoms with Crippen LogP contribution in [0.5, 0.6) is 0 Å². The number of nitrogens with zero attached hydrogens (tertiary/aromatic N) is 2. The highest BCUT2D eigenvalue weighted by atomic mass is 79.9. The van der Waals surface area contributed by atoms with E-state index in [-0.39, 0.29) is 23.8 Å². The van der Waals surface area contributed by atoms with E-state index in [0.717, 1.165) is 15.8 Å². The predicted octanol–water partition coefficient (Wildman–Crippen LogP) is 2.95. The third-order valence-electron chi connectivity index (χ3n) is 4.74. The number of halogens is 1. The fraction of sp³-hybridized carbons (Fsp3) is 0.0952. The number of amides is 1. The molecule has 3 N–H and O–H groups in total. The molecule has 2 heterocycles. The van der Waals surface area contributed by atoms with Crippen molar-refractivity contribution in [2.24, 2.45) is 0 Å². The average Bonchev–Trinajstić information content (AvgIpc) is 3.17. The molecule has 9 heteroatoms. The molecular formula is C21H17BrN4O4. The summed E-state index contributed by atoms with van der Waals surface area (Å²) in [7, 11) is 1.41. The number of hydrogen-bond acceptors (Lipinski definition) is 5. The second-order valence-electron chi connectivity index (χ2n) is 6.70. The summed E-state index contributed by atoms with van der Waals surface area (Å²) in [6.07, 6.45) is 0. The highest BCUT2D eigenvalue weighted by molar-refractivity contribution is 9.10. The molecule has 8 nitrogen and oxygen atoms in total. The molecule has 30 heavy (non-hydrogen) atoms. The number of rotatable bonds is 4. The van der Waals surface area contributed by atoms with E-state index in [0.29, 0.717) is 10.1 Å². The van der Waals surface area contributed by atoms with Crippen molar-refractivity contribution < 1.29 is 9.21 Å². The number of carbonyl (C=O) groups is 1. The second kappa shape index (κ2) is 7.68. The largest absolute Gasteiger partial charge is 0.450 e. The Morgan fingerprint density at radius 2 is 1.90 bits per heavy atom. The number of nitrogen functional groups attached to an aromatic ring is 1. The van der Waals surface area contributed by atoms with Crippen LogP contribution >= 0.6 is 15.9 Å². The lowest BCUT2D eigenvalue weighted by molar-refractivity contribution is 0.0968. The van der Waals surface area contributed by atoms with E-state index in [1.165, 1.54) is 11.6 Å². The van der Waals surface area contributed by atoms with Crippen molar-refractivity contribution in [1.29, 1.82) is 0 Å². The molecule has 0 aliphatic heterocycles. The lowest BCUT2D eigenvalue weighted by Gasteiger charge is -2.19. The summed E-state index contributed by atoms with van der Waals surface area (Å²) in [5.41, 5.74) is 5.96. The van der Waals surface area contributed by atoms with Crippen LogP contribution in [0.2, 0.25) is 0 Å². The standard InChI is InChI=1S/C21H17BrN4O4/c1-25(20(28)15-10-13-8-5-9-14(22)17(13)30-15)16-18(23)26(21(29)24-19(16)27)11-12-6-3-2-4-7-12/h2-10H,11,23H2,1H3,(H,24,27,29). The lowest BCUT2D eigenvalue weighted by atomic mass is 10.2. The number of furan rings is 1. The van der Waals surface area contributed by atoms with E-state index in [1.807, 2.05) is 42.5 Å². The smallest absolute Gasteiger partial charge is 0.330 e. The van der Waals surface area contributed by atoms with Gasteiger partial charge in [0.1, 0.15) is 11.4 Å². The summed E-state index contributed by atoms with van der Waals surface area (Å²) in [4.78, 5) is 41.1. The molecule has 0 saturated heterocycles. The molecule has 0 bridgehead atoms. The summed E-state index contributed by atoms with van der Waals surface area (Å²) in [6.45, 7) is 0.148. The predicted molar refractivity (Wildman–Crippen MR) is 118 cm³/mol. The SMILES string of the molecule is CN(C(=O)c1cc2cccc(Br)c2o1)c1c(N)n(Cc2ccccc2)c(=O)[nH]c1=O. The fourth-order valence-corrected chi connectivity index (χ4v) is 3.69. The van der Waals surface area contributed by atoms with Crippen molar-refractivity contribution in [2.45, 2.75) is 6.54 Å². The van der Waals surface area contributed by atoms with Gasteiger partial charge in [0.25, 0.3) is 11.5 Å². The van der Waals surface area contributed by atoms with E-state index < -0.39 is 17.2 Å². The van der Waals surface area contributed by atoms with Crippen molar-refractivity contribution in [3.05, 3.63) is 91.2 Å². The topological polar surface area (TPSA) is 114 Å². The minimum atomic E-state index is -0.755. The lowest BCUT2D eigenvalue weighted by Crippen LogP contribution is -2.39. The monoisotopic (exact) mass is 468 g/mol. The molecule has 4 rings (SSSR count). The molecule has 0 fully saturated rings. The van der Waals surface area contributed by atoms with Crippen LogP contribution in [0.3, 0.4) is 0 Å². The van der Waals surface area contributed by atoms with Gasteiger partial charge in [0.05, 0.1) is 11.0 Å². The normalized spacial score (nSPS) is 11.0. The number of H-pyrrole nitrogens is 1. The van der Waals surface area contributed by atoms with Gasteiger partial charge in [-0.05, 0) is 33.6 Å². The first-order valence-electron chi connectivity index (χ1n) is 8.99. The molecule has 4 aromatic rings. The molecule has 2 aromatic heterocycles. The number of nitrogens with one attached hydrogen (secondary N) is 1. The Kier molecular flexibility index (Phi) is 5.04. The summed E-state index contributed by atoms with van der Waals surface area (Å²) < 4.78 is 7.59. The summed E-state index contributed by atoms with van der Waals surface area (Å²) in [6, 6.07) is 16.2. The van der Waals surface area contributed by atoms with Crippen molar-refractivity contribution in [1.82, 2.24) is 9.55 Å². The zero-order chi connectivity index (χ0) is 21.4. The number of carbonyl (C=O) groups excluding carboxylic acids is 1. The molecule has 0 aliphatic rings. The average molecular weight is 469 g/mol. The number of aromatic amines is 1. The maximum absolute atomic E-state index is 13.0. The number of benzene rings is 2. The van der Waals surface area contributed by atoms with Crippen LogP contribution in [0.4, 0.5) is 11.5 Å². The number of aromatic nitrogens is 2. The first-order valence-corrected chi connectivity index (χ1v) is 9.78. The maximum atomic E-state index is 13.0. The molecule has 0 unspecified atom stereocenters. The minimum Gasteiger partial charge on any atom is -0.450 e. The Bertz CT molecular complexity index is 1370. The van der Waals surface area contributed by atoms with Crippen LogP contribution in [0, 0.1) is 0 Å². The molecule has 152 valence electrons.